The average Bonchev–Trinajstić information content (AvgIpc) is 2.44. The van der Waals surface area contributed by atoms with Crippen molar-refractivity contribution in [3.05, 3.63) is 0 Å². The fourth-order valence-electron chi connectivity index (χ4n) is 1.83. The molecule has 0 aromatic carbocycles. The molecular weight excluding hydrogens is 234 g/mol. The predicted molar refractivity (Wildman–Crippen MR) is 64.4 cm³/mol. The highest BCUT2D eigenvalue weighted by atomic mass is 16.5. The Kier molecular flexibility index (Phi) is 4.68. The maximum absolute atomic E-state index is 12.4. The summed E-state index contributed by atoms with van der Waals surface area (Å²) in [5, 5.41) is 11.7. The topological polar surface area (TPSA) is 82.4 Å². The number of carbonyl (C=O) groups is 2. The van der Waals surface area contributed by atoms with Crippen LogP contribution in [0.3, 0.4) is 0 Å². The molecule has 6 nitrogen and oxygen atoms in total. The minimum absolute atomic E-state index is 0.177. The second kappa shape index (κ2) is 5.83. The molecule has 1 N–H and O–H groups in total. The molecule has 1 fully saturated rings. The Labute approximate surface area is 107 Å². The SMILES string of the molecule is CCC(C)(C#N)C(=O)N1CCOCC1C(=O)NC. The van der Waals surface area contributed by atoms with Crippen molar-refractivity contribution in [1.82, 2.24) is 10.2 Å². The Hall–Kier alpha value is -1.61. The molecule has 18 heavy (non-hydrogen) atoms. The molecule has 0 aliphatic carbocycles. The van der Waals surface area contributed by atoms with Crippen molar-refractivity contribution in [3.8, 4) is 6.07 Å². The Balaban J connectivity index is 2.94. The summed E-state index contributed by atoms with van der Waals surface area (Å²) >= 11 is 0. The molecule has 1 aliphatic heterocycles. The van der Waals surface area contributed by atoms with Crippen LogP contribution < -0.4 is 5.32 Å². The highest BCUT2D eigenvalue weighted by Crippen LogP contribution is 2.25. The van der Waals surface area contributed by atoms with Crippen molar-refractivity contribution in [1.29, 1.82) is 5.26 Å². The maximum atomic E-state index is 12.4. The van der Waals surface area contributed by atoms with E-state index in [2.05, 4.69) is 5.32 Å². The van der Waals surface area contributed by atoms with Crippen LogP contribution in [-0.2, 0) is 14.3 Å². The summed E-state index contributed by atoms with van der Waals surface area (Å²) < 4.78 is 5.23. The fourth-order valence-corrected chi connectivity index (χ4v) is 1.83. The van der Waals surface area contributed by atoms with E-state index in [-0.39, 0.29) is 18.4 Å². The van der Waals surface area contributed by atoms with Crippen LogP contribution in [0.5, 0.6) is 0 Å². The van der Waals surface area contributed by atoms with E-state index >= 15 is 0 Å². The molecule has 2 atom stereocenters. The van der Waals surface area contributed by atoms with Gasteiger partial charge in [-0.1, -0.05) is 6.92 Å². The Bertz CT molecular complexity index is 377. The fraction of sp³-hybridized carbons (Fsp3) is 0.750. The number of nitrogens with one attached hydrogen (secondary N) is 1. The molecule has 0 aromatic heterocycles. The smallest absolute Gasteiger partial charge is 0.244 e. The van der Waals surface area contributed by atoms with Gasteiger partial charge >= 0.3 is 0 Å². The number of nitriles is 1. The van der Waals surface area contributed by atoms with Crippen molar-refractivity contribution in [2.45, 2.75) is 26.3 Å². The first kappa shape index (κ1) is 14.5. The van der Waals surface area contributed by atoms with Crippen LogP contribution in [0, 0.1) is 16.7 Å². The molecule has 2 amide bonds. The molecule has 6 heteroatoms. The largest absolute Gasteiger partial charge is 0.377 e. The summed E-state index contributed by atoms with van der Waals surface area (Å²) in [4.78, 5) is 25.6. The third-order valence-electron chi connectivity index (χ3n) is 3.36. The van der Waals surface area contributed by atoms with Crippen molar-refractivity contribution < 1.29 is 14.3 Å². The molecule has 0 aromatic rings. The zero-order valence-electron chi connectivity index (χ0n) is 11.0. The lowest BCUT2D eigenvalue weighted by Crippen LogP contribution is -2.58. The van der Waals surface area contributed by atoms with Crippen LogP contribution in [0.4, 0.5) is 0 Å². The van der Waals surface area contributed by atoms with Gasteiger partial charge < -0.3 is 15.0 Å². The summed E-state index contributed by atoms with van der Waals surface area (Å²) in [7, 11) is 1.52. The summed E-state index contributed by atoms with van der Waals surface area (Å²) in [6, 6.07) is 1.40. The summed E-state index contributed by atoms with van der Waals surface area (Å²) in [5.74, 6) is -0.566. The molecule has 2 unspecified atom stereocenters. The van der Waals surface area contributed by atoms with E-state index in [1.165, 1.54) is 11.9 Å². The van der Waals surface area contributed by atoms with Gasteiger partial charge in [-0.25, -0.2) is 0 Å². The Morgan fingerprint density at radius 3 is 2.78 bits per heavy atom. The summed E-state index contributed by atoms with van der Waals surface area (Å²) in [6.45, 7) is 4.30. The van der Waals surface area contributed by atoms with E-state index in [1.807, 2.05) is 6.07 Å². The van der Waals surface area contributed by atoms with Crippen molar-refractivity contribution in [3.63, 3.8) is 0 Å². The van der Waals surface area contributed by atoms with Gasteiger partial charge in [-0.15, -0.1) is 0 Å². The molecule has 100 valence electrons. The minimum atomic E-state index is -1.08. The van der Waals surface area contributed by atoms with Crippen LogP contribution in [0.25, 0.3) is 0 Å². The van der Waals surface area contributed by atoms with Crippen LogP contribution in [0.1, 0.15) is 20.3 Å². The van der Waals surface area contributed by atoms with Gasteiger partial charge in [0.25, 0.3) is 0 Å². The number of amides is 2. The van der Waals surface area contributed by atoms with Crippen LogP contribution in [0.2, 0.25) is 0 Å². The van der Waals surface area contributed by atoms with Crippen molar-refractivity contribution in [2.75, 3.05) is 26.8 Å². The Morgan fingerprint density at radius 2 is 2.28 bits per heavy atom. The second-order valence-electron chi connectivity index (χ2n) is 4.50. The number of morpholine rings is 1. The number of nitrogens with zero attached hydrogens (tertiary/aromatic N) is 2. The first-order valence-corrected chi connectivity index (χ1v) is 6.01. The molecule has 1 heterocycles. The number of ether oxygens (including phenoxy) is 1. The lowest BCUT2D eigenvalue weighted by atomic mass is 9.87. The van der Waals surface area contributed by atoms with Crippen molar-refractivity contribution in [2.24, 2.45) is 5.41 Å². The lowest BCUT2D eigenvalue weighted by Gasteiger charge is -2.37. The Morgan fingerprint density at radius 1 is 1.61 bits per heavy atom. The van der Waals surface area contributed by atoms with E-state index in [0.717, 1.165) is 0 Å². The zero-order valence-corrected chi connectivity index (χ0v) is 11.0. The van der Waals surface area contributed by atoms with E-state index in [1.54, 1.807) is 13.8 Å². The zero-order chi connectivity index (χ0) is 13.8. The maximum Gasteiger partial charge on any atom is 0.244 e. The number of carbonyl (C=O) groups excluding carboxylic acids is 2. The standard InChI is InChI=1S/C12H19N3O3/c1-4-12(2,8-13)11(17)15-5-6-18-7-9(15)10(16)14-3/h9H,4-7H2,1-3H3,(H,14,16). The number of hydrogen-bond acceptors (Lipinski definition) is 4. The molecule has 0 bridgehead atoms. The van der Waals surface area contributed by atoms with Crippen LogP contribution in [-0.4, -0.2) is 49.6 Å². The van der Waals surface area contributed by atoms with Gasteiger partial charge in [-0.3, -0.25) is 9.59 Å². The summed E-state index contributed by atoms with van der Waals surface area (Å²) in [5.41, 5.74) is -1.08. The molecular formula is C12H19N3O3. The third-order valence-corrected chi connectivity index (χ3v) is 3.36. The van der Waals surface area contributed by atoms with Gasteiger partial charge in [0, 0.05) is 13.6 Å². The third kappa shape index (κ3) is 2.62. The summed E-state index contributed by atoms with van der Waals surface area (Å²) in [6.07, 6.45) is 0.417. The number of likely N-dealkylation sites (N-methyl/N-ethyl adjacent to an activating group) is 1. The quantitative estimate of drug-likeness (QED) is 0.761. The van der Waals surface area contributed by atoms with Gasteiger partial charge in [0.2, 0.25) is 11.8 Å². The molecule has 0 radical (unpaired) electrons. The number of hydrogen-bond donors (Lipinski definition) is 1. The van der Waals surface area contributed by atoms with Gasteiger partial charge in [0.05, 0.1) is 19.3 Å². The first-order chi connectivity index (χ1) is 8.50. The average molecular weight is 253 g/mol. The first-order valence-electron chi connectivity index (χ1n) is 6.01. The molecule has 0 saturated carbocycles. The van der Waals surface area contributed by atoms with E-state index in [0.29, 0.717) is 19.6 Å². The van der Waals surface area contributed by atoms with Gasteiger partial charge in [0.15, 0.2) is 0 Å². The second-order valence-corrected chi connectivity index (χ2v) is 4.50. The van der Waals surface area contributed by atoms with Gasteiger partial charge in [-0.2, -0.15) is 5.26 Å². The van der Waals surface area contributed by atoms with E-state index in [9.17, 15) is 9.59 Å². The van der Waals surface area contributed by atoms with E-state index in [4.69, 9.17) is 10.00 Å². The minimum Gasteiger partial charge on any atom is -0.377 e. The predicted octanol–water partition coefficient (Wildman–Crippen LogP) is -0.100. The molecule has 1 rings (SSSR count). The molecule has 1 saturated heterocycles. The van der Waals surface area contributed by atoms with Crippen LogP contribution >= 0.6 is 0 Å². The molecule has 1 aliphatic rings. The normalized spacial score (nSPS) is 22.8. The van der Waals surface area contributed by atoms with Gasteiger partial charge in [-0.05, 0) is 13.3 Å². The number of rotatable bonds is 3. The van der Waals surface area contributed by atoms with Crippen molar-refractivity contribution >= 4 is 11.8 Å². The van der Waals surface area contributed by atoms with Gasteiger partial charge in [0.1, 0.15) is 11.5 Å². The lowest BCUT2D eigenvalue weighted by molar-refractivity contribution is -0.153. The van der Waals surface area contributed by atoms with Crippen LogP contribution in [0.15, 0.2) is 0 Å². The van der Waals surface area contributed by atoms with E-state index < -0.39 is 11.5 Å². The highest BCUT2D eigenvalue weighted by Gasteiger charge is 2.41. The molecule has 0 spiro atoms. The highest BCUT2D eigenvalue weighted by molar-refractivity contribution is 5.91. The monoisotopic (exact) mass is 253 g/mol.